The van der Waals surface area contributed by atoms with Crippen molar-refractivity contribution in [2.45, 2.75) is 78.6 Å². The molecule has 0 saturated carbocycles. The summed E-state index contributed by atoms with van der Waals surface area (Å²) in [5.41, 5.74) is -0.465. The highest BCUT2D eigenvalue weighted by Gasteiger charge is 2.54. The van der Waals surface area contributed by atoms with Crippen LogP contribution in [0.4, 0.5) is 0 Å². The minimum Gasteiger partial charge on any atom is -0.485 e. The van der Waals surface area contributed by atoms with Crippen LogP contribution in [0.3, 0.4) is 0 Å². The van der Waals surface area contributed by atoms with Gasteiger partial charge in [0, 0.05) is 50.9 Å². The van der Waals surface area contributed by atoms with Gasteiger partial charge in [0.15, 0.2) is 0 Å². The summed E-state index contributed by atoms with van der Waals surface area (Å²) >= 11 is 0. The first kappa shape index (κ1) is 24.3. The Labute approximate surface area is 157 Å². The number of carbonyl (C=O) groups excluding carboxylic acids is 4. The second kappa shape index (κ2) is 9.86. The maximum absolute atomic E-state index is 11.6. The van der Waals surface area contributed by atoms with Crippen molar-refractivity contribution in [3.63, 3.8) is 0 Å². The van der Waals surface area contributed by atoms with E-state index in [1.54, 1.807) is 27.7 Å². The fourth-order valence-electron chi connectivity index (χ4n) is 2.62. The zero-order valence-corrected chi connectivity index (χ0v) is 18.8. The van der Waals surface area contributed by atoms with Crippen molar-refractivity contribution in [1.29, 1.82) is 0 Å². The molecule has 0 atom stereocenters. The molecule has 0 fully saturated rings. The Morgan fingerprint density at radius 3 is 0.885 bits per heavy atom. The Bertz CT molecular complexity index is 464. The quantitative estimate of drug-likeness (QED) is 0.538. The predicted octanol–water partition coefficient (Wildman–Crippen LogP) is 2.94. The number of hydrogen-bond donors (Lipinski definition) is 0. The van der Waals surface area contributed by atoms with Gasteiger partial charge in [-0.25, -0.2) is 0 Å². The first-order valence-electron chi connectivity index (χ1n) is 8.54. The van der Waals surface area contributed by atoms with Gasteiger partial charge >= 0.3 is 17.1 Å². The average Bonchev–Trinajstić information content (AvgIpc) is 2.41. The fraction of sp³-hybridized carbons (Fsp3) is 0.750. The van der Waals surface area contributed by atoms with Crippen molar-refractivity contribution in [2.75, 3.05) is 0 Å². The van der Waals surface area contributed by atoms with Gasteiger partial charge in [0.05, 0.1) is 0 Å². The highest BCUT2D eigenvalue weighted by molar-refractivity contribution is 6.77. The Kier molecular flexibility index (Phi) is 9.22. The van der Waals surface area contributed by atoms with E-state index in [9.17, 15) is 19.2 Å². The van der Waals surface area contributed by atoms with Crippen molar-refractivity contribution >= 4 is 41.0 Å². The molecule has 0 heterocycles. The highest BCUT2D eigenvalue weighted by atomic mass is 28.4. The molecule has 0 aromatic carbocycles. The summed E-state index contributed by atoms with van der Waals surface area (Å²) in [7, 11) is -6.61. The molecule has 0 unspecified atom stereocenters. The van der Waals surface area contributed by atoms with Gasteiger partial charge in [-0.15, -0.1) is 0 Å². The molecule has 0 radical (unpaired) electrons. The summed E-state index contributed by atoms with van der Waals surface area (Å²) in [5.74, 6) is -2.21. The average molecular weight is 407 g/mol. The monoisotopic (exact) mass is 406 g/mol. The summed E-state index contributed by atoms with van der Waals surface area (Å²) in [6.07, 6.45) is 0. The Morgan fingerprint density at radius 1 is 0.577 bits per heavy atom. The molecular weight excluding hydrogens is 376 g/mol. The lowest BCUT2D eigenvalue weighted by molar-refractivity contribution is -0.142. The van der Waals surface area contributed by atoms with Crippen LogP contribution in [0.15, 0.2) is 0 Å². The van der Waals surface area contributed by atoms with E-state index in [1.165, 1.54) is 27.7 Å². The van der Waals surface area contributed by atoms with E-state index in [0.29, 0.717) is 0 Å². The third-order valence-corrected chi connectivity index (χ3v) is 12.3. The van der Waals surface area contributed by atoms with Crippen LogP contribution in [0.5, 0.6) is 0 Å². The molecule has 10 heteroatoms. The third-order valence-electron chi connectivity index (χ3n) is 3.85. The van der Waals surface area contributed by atoms with E-state index in [2.05, 4.69) is 0 Å². The van der Waals surface area contributed by atoms with Crippen LogP contribution < -0.4 is 0 Å². The molecule has 26 heavy (non-hydrogen) atoms. The molecule has 0 rings (SSSR count). The Balaban J connectivity index is 5.87. The summed E-state index contributed by atoms with van der Waals surface area (Å²) in [6.45, 7) is 12.2. The molecule has 0 amide bonds. The molecule has 0 saturated heterocycles. The topological polar surface area (TPSA) is 105 Å². The smallest absolute Gasteiger partial charge is 0.466 e. The van der Waals surface area contributed by atoms with Gasteiger partial charge in [0.25, 0.3) is 23.9 Å². The Hall–Kier alpha value is -1.69. The van der Waals surface area contributed by atoms with E-state index >= 15 is 0 Å². The van der Waals surface area contributed by atoms with Gasteiger partial charge in [0.2, 0.25) is 0 Å². The van der Waals surface area contributed by atoms with Crippen LogP contribution in [0.2, 0.25) is 23.2 Å². The standard InChI is InChI=1S/C16H30O8Si2/c1-11(2)25(21-13(5)17,22-14(6)18)9-10-26(12(3)4,23-15(7)19)24-16(8)20/h11-12H,9-10H2,1-8H3. The molecule has 0 aliphatic heterocycles. The van der Waals surface area contributed by atoms with Crippen LogP contribution in [-0.4, -0.2) is 41.0 Å². The van der Waals surface area contributed by atoms with E-state index < -0.39 is 41.0 Å². The summed E-state index contributed by atoms with van der Waals surface area (Å²) < 4.78 is 22.0. The van der Waals surface area contributed by atoms with Crippen molar-refractivity contribution < 1.29 is 36.9 Å². The van der Waals surface area contributed by atoms with Gasteiger partial charge in [-0.3, -0.25) is 19.2 Å². The number of hydrogen-bond acceptors (Lipinski definition) is 8. The second-order valence-electron chi connectivity index (χ2n) is 6.81. The number of rotatable bonds is 9. The second-order valence-corrected chi connectivity index (χ2v) is 14.2. The van der Waals surface area contributed by atoms with Crippen molar-refractivity contribution in [1.82, 2.24) is 0 Å². The molecule has 0 aliphatic carbocycles. The molecule has 0 bridgehead atoms. The van der Waals surface area contributed by atoms with Crippen LogP contribution >= 0.6 is 0 Å². The van der Waals surface area contributed by atoms with Gasteiger partial charge in [-0.1, -0.05) is 27.7 Å². The predicted molar refractivity (Wildman–Crippen MR) is 98.4 cm³/mol. The third kappa shape index (κ3) is 7.28. The first-order valence-corrected chi connectivity index (χ1v) is 12.7. The van der Waals surface area contributed by atoms with Crippen LogP contribution in [-0.2, 0) is 36.9 Å². The van der Waals surface area contributed by atoms with E-state index in [4.69, 9.17) is 17.7 Å². The first-order chi connectivity index (χ1) is 11.8. The van der Waals surface area contributed by atoms with Crippen LogP contribution in [0.25, 0.3) is 0 Å². The van der Waals surface area contributed by atoms with Gasteiger partial charge in [-0.05, 0) is 0 Å². The van der Waals surface area contributed by atoms with Crippen LogP contribution in [0.1, 0.15) is 55.4 Å². The maximum atomic E-state index is 11.6. The zero-order valence-electron chi connectivity index (χ0n) is 16.8. The lowest BCUT2D eigenvalue weighted by Gasteiger charge is -2.36. The van der Waals surface area contributed by atoms with E-state index in [1.807, 2.05) is 0 Å². The van der Waals surface area contributed by atoms with Gasteiger partial charge in [0.1, 0.15) is 0 Å². The van der Waals surface area contributed by atoms with Crippen LogP contribution in [0, 0.1) is 0 Å². The summed E-state index contributed by atoms with van der Waals surface area (Å²) in [5, 5.41) is 0. The minimum absolute atomic E-state index is 0.175. The molecule has 0 N–H and O–H groups in total. The van der Waals surface area contributed by atoms with Crippen molar-refractivity contribution in [3.8, 4) is 0 Å². The summed E-state index contributed by atoms with van der Waals surface area (Å²) in [6, 6.07) is 0.351. The molecule has 150 valence electrons. The lowest BCUT2D eigenvalue weighted by Crippen LogP contribution is -2.53. The molecule has 8 nitrogen and oxygen atoms in total. The van der Waals surface area contributed by atoms with Crippen molar-refractivity contribution in [3.05, 3.63) is 0 Å². The Morgan fingerprint density at radius 2 is 0.769 bits per heavy atom. The fourth-order valence-corrected chi connectivity index (χ4v) is 9.94. The van der Waals surface area contributed by atoms with Crippen molar-refractivity contribution in [2.24, 2.45) is 0 Å². The lowest BCUT2D eigenvalue weighted by atomic mass is 10.6. The molecule has 0 aromatic heterocycles. The minimum atomic E-state index is -3.30. The normalized spacial score (nSPS) is 11.9. The highest BCUT2D eigenvalue weighted by Crippen LogP contribution is 2.37. The molecule has 0 aliphatic rings. The van der Waals surface area contributed by atoms with E-state index in [0.717, 1.165) is 0 Å². The maximum Gasteiger partial charge on any atom is 0.466 e. The van der Waals surface area contributed by atoms with E-state index in [-0.39, 0.29) is 23.2 Å². The van der Waals surface area contributed by atoms with Gasteiger partial charge in [-0.2, -0.15) is 0 Å². The summed E-state index contributed by atoms with van der Waals surface area (Å²) in [4.78, 5) is 46.5. The molecular formula is C16H30O8Si2. The SMILES string of the molecule is CC(=O)O[Si](CC[Si](OC(C)=O)(OC(C)=O)C(C)C)(OC(C)=O)C(C)C. The number of carbonyl (C=O) groups is 4. The largest absolute Gasteiger partial charge is 0.485 e. The zero-order chi connectivity index (χ0) is 20.7. The molecule has 0 aromatic rings. The van der Waals surface area contributed by atoms with Gasteiger partial charge < -0.3 is 17.7 Å². The molecule has 0 spiro atoms.